The smallest absolute Gasteiger partial charge is 0.265 e. The zero-order valence-corrected chi connectivity index (χ0v) is 16.2. The van der Waals surface area contributed by atoms with E-state index in [-0.39, 0.29) is 42.1 Å². The Morgan fingerprint density at radius 1 is 0.857 bits per heavy atom. The van der Waals surface area contributed by atoms with Crippen LogP contribution in [0.25, 0.3) is 9.69 Å². The summed E-state index contributed by atoms with van der Waals surface area (Å²) in [5, 5.41) is 0. The fourth-order valence-corrected chi connectivity index (χ4v) is 2.37. The van der Waals surface area contributed by atoms with Crippen LogP contribution in [-0.4, -0.2) is 0 Å². The summed E-state index contributed by atoms with van der Waals surface area (Å²) in [6.07, 6.45) is 0. The number of hydrogen-bond donors (Lipinski definition) is 0. The maximum Gasteiger partial charge on any atom is 0.265 e. The van der Waals surface area contributed by atoms with Crippen LogP contribution in [0, 0.1) is 27.0 Å². The molecule has 0 fully saturated rings. The molecule has 2 aromatic carbocycles. The van der Waals surface area contributed by atoms with Gasteiger partial charge < -0.3 is 4.85 Å². The van der Waals surface area contributed by atoms with E-state index in [4.69, 9.17) is 13.1 Å². The van der Waals surface area contributed by atoms with E-state index in [1.165, 1.54) is 0 Å². The van der Waals surface area contributed by atoms with Crippen molar-refractivity contribution in [3.05, 3.63) is 87.6 Å². The molecule has 0 aliphatic rings. The Morgan fingerprint density at radius 2 is 1.43 bits per heavy atom. The molecule has 0 aliphatic heterocycles. The Hall–Kier alpha value is -1.20. The van der Waals surface area contributed by atoms with E-state index in [1.54, 1.807) is 6.07 Å². The predicted octanol–water partition coefficient (Wildman–Crippen LogP) is 4.86. The van der Waals surface area contributed by atoms with Crippen LogP contribution in [-0.2, 0) is 42.1 Å². The summed E-state index contributed by atoms with van der Waals surface area (Å²) >= 11 is 0. The minimum Gasteiger partial charge on any atom is -0.305 e. The summed E-state index contributed by atoms with van der Waals surface area (Å²) in [5.41, 5.74) is 4.58. The van der Waals surface area contributed by atoms with Gasteiger partial charge in [0, 0.05) is 53.3 Å². The van der Waals surface area contributed by atoms with Gasteiger partial charge >= 0.3 is 0 Å². The monoisotopic (exact) mass is 636 g/mol. The molecule has 1 unspecified atom stereocenters. The molecule has 21 heavy (non-hydrogen) atoms. The van der Waals surface area contributed by atoms with Crippen LogP contribution in [0.2, 0.25) is 0 Å². The van der Waals surface area contributed by atoms with Crippen LogP contribution < -0.4 is 0 Å². The van der Waals surface area contributed by atoms with Gasteiger partial charge in [-0.25, -0.2) is 11.4 Å². The van der Waals surface area contributed by atoms with Crippen LogP contribution in [0.15, 0.2) is 42.5 Å². The van der Waals surface area contributed by atoms with Crippen molar-refractivity contribution in [1.29, 1.82) is 0 Å². The Kier molecular flexibility index (Phi) is 8.43. The fourth-order valence-electron chi connectivity index (χ4n) is 2.37. The topological polar surface area (TPSA) is 8.72 Å². The molecule has 0 radical (unpaired) electrons. The number of aryl methyl sites for hydroxylation is 2. The third-order valence-corrected chi connectivity index (χ3v) is 3.30. The van der Waals surface area contributed by atoms with E-state index < -0.39 is 6.04 Å². The molecule has 0 saturated carbocycles. The van der Waals surface area contributed by atoms with Gasteiger partial charge in [-0.05, 0) is 25.0 Å². The first-order chi connectivity index (χ1) is 9.19. The summed E-state index contributed by atoms with van der Waals surface area (Å²) in [4.78, 5) is 7.30. The zero-order valence-electron chi connectivity index (χ0n) is 11.6. The molecule has 0 amide bonds. The molecule has 0 aromatic heterocycles. The molecule has 2 rings (SSSR count). The van der Waals surface area contributed by atoms with Gasteiger partial charge in [-0.3, -0.25) is 0 Å². The number of para-hydroxylation sites is 1. The SMILES string of the molecule is [C-]#[N+]c1ccccc1C([N+]#[C-])c1c(C)cccc1C.[Pt].[Pt]. The Labute approximate surface area is 154 Å². The van der Waals surface area contributed by atoms with Crippen molar-refractivity contribution in [2.75, 3.05) is 0 Å². The van der Waals surface area contributed by atoms with Crippen molar-refractivity contribution in [1.82, 2.24) is 0 Å². The third kappa shape index (κ3) is 4.14. The molecule has 2 nitrogen and oxygen atoms in total. The minimum atomic E-state index is -0.397. The Morgan fingerprint density at radius 3 is 1.95 bits per heavy atom. The minimum absolute atomic E-state index is 0. The molecule has 0 N–H and O–H groups in total. The van der Waals surface area contributed by atoms with Crippen LogP contribution in [0.3, 0.4) is 0 Å². The van der Waals surface area contributed by atoms with E-state index in [0.717, 1.165) is 22.3 Å². The van der Waals surface area contributed by atoms with Gasteiger partial charge in [-0.1, -0.05) is 42.5 Å². The van der Waals surface area contributed by atoms with Gasteiger partial charge in [-0.15, -0.1) is 0 Å². The van der Waals surface area contributed by atoms with Gasteiger partial charge in [0.15, 0.2) is 5.69 Å². The number of benzene rings is 2. The van der Waals surface area contributed by atoms with E-state index in [0.29, 0.717) is 5.69 Å². The Bertz CT molecular complexity index is 676. The molecule has 0 aliphatic carbocycles. The first kappa shape index (κ1) is 19.8. The number of nitrogens with zero attached hydrogens (tertiary/aromatic N) is 2. The largest absolute Gasteiger partial charge is 0.305 e. The van der Waals surface area contributed by atoms with E-state index in [2.05, 4.69) is 9.69 Å². The van der Waals surface area contributed by atoms with E-state index >= 15 is 0 Å². The van der Waals surface area contributed by atoms with Crippen molar-refractivity contribution < 1.29 is 42.1 Å². The molecule has 0 spiro atoms. The predicted molar refractivity (Wildman–Crippen MR) is 77.1 cm³/mol. The summed E-state index contributed by atoms with van der Waals surface area (Å²) in [6, 6.07) is 13.0. The molecule has 0 bridgehead atoms. The van der Waals surface area contributed by atoms with Gasteiger partial charge in [0.2, 0.25) is 0 Å². The van der Waals surface area contributed by atoms with Crippen LogP contribution >= 0.6 is 0 Å². The first-order valence-corrected chi connectivity index (χ1v) is 6.08. The molecular weight excluding hydrogens is 622 g/mol. The summed E-state index contributed by atoms with van der Waals surface area (Å²) in [5.74, 6) is 0. The van der Waals surface area contributed by atoms with E-state index in [9.17, 15) is 0 Å². The average molecular weight is 636 g/mol. The third-order valence-electron chi connectivity index (χ3n) is 3.30. The summed E-state index contributed by atoms with van der Waals surface area (Å²) in [7, 11) is 0. The summed E-state index contributed by atoms with van der Waals surface area (Å²) < 4.78 is 0. The standard InChI is InChI=1S/C17H14N2.2Pt/c1-12-8-7-9-13(2)16(12)17(19-4)14-10-5-6-11-15(14)18-3;;/h5-11,17H,1-2H3;;. The molecule has 0 saturated heterocycles. The van der Waals surface area contributed by atoms with Crippen molar-refractivity contribution in [3.63, 3.8) is 0 Å². The molecular formula is C17H14N2Pt2. The maximum absolute atomic E-state index is 7.52. The molecule has 2 aromatic rings. The van der Waals surface area contributed by atoms with Crippen LogP contribution in [0.5, 0.6) is 0 Å². The van der Waals surface area contributed by atoms with Crippen molar-refractivity contribution >= 4 is 5.69 Å². The summed E-state index contributed by atoms with van der Waals surface area (Å²) in [6.45, 7) is 18.8. The Balaban J connectivity index is 0.00000200. The zero-order chi connectivity index (χ0) is 13.8. The van der Waals surface area contributed by atoms with Crippen molar-refractivity contribution in [3.8, 4) is 0 Å². The molecule has 112 valence electrons. The normalized spacial score (nSPS) is 10.3. The van der Waals surface area contributed by atoms with Crippen molar-refractivity contribution in [2.45, 2.75) is 19.9 Å². The van der Waals surface area contributed by atoms with Gasteiger partial charge in [0.05, 0.1) is 6.57 Å². The first-order valence-electron chi connectivity index (χ1n) is 6.08. The maximum atomic E-state index is 7.52. The van der Waals surface area contributed by atoms with Crippen molar-refractivity contribution in [2.24, 2.45) is 0 Å². The number of rotatable bonds is 2. The second kappa shape index (κ2) is 8.95. The second-order valence-corrected chi connectivity index (χ2v) is 4.51. The van der Waals surface area contributed by atoms with Gasteiger partial charge in [0.25, 0.3) is 6.04 Å². The molecule has 0 heterocycles. The van der Waals surface area contributed by atoms with Gasteiger partial charge in [0.1, 0.15) is 0 Å². The van der Waals surface area contributed by atoms with Crippen LogP contribution in [0.1, 0.15) is 28.3 Å². The van der Waals surface area contributed by atoms with Crippen LogP contribution in [0.4, 0.5) is 5.69 Å². The molecule has 1 atom stereocenters. The fraction of sp³-hybridized carbons (Fsp3) is 0.176. The average Bonchev–Trinajstić information content (AvgIpc) is 2.43. The van der Waals surface area contributed by atoms with Gasteiger partial charge in [-0.2, -0.15) is 0 Å². The quantitative estimate of drug-likeness (QED) is 0.417. The number of hydrogen-bond acceptors (Lipinski definition) is 0. The molecule has 4 heteroatoms. The van der Waals surface area contributed by atoms with E-state index in [1.807, 2.05) is 50.2 Å². The second-order valence-electron chi connectivity index (χ2n) is 4.51.